The van der Waals surface area contributed by atoms with Gasteiger partial charge in [-0.3, -0.25) is 0 Å². The maximum Gasteiger partial charge on any atom is 0.129 e. The third kappa shape index (κ3) is 6.07. The molecule has 1 aromatic carbocycles. The Hall–Kier alpha value is -1.00. The molecule has 1 rings (SSSR count). The lowest BCUT2D eigenvalue weighted by Crippen LogP contribution is -2.38. The molecule has 0 aliphatic carbocycles. The standard InChI is InChI=1S/C14H21F2NO/c1-14(2,3)17-7-9-18-8-6-11-4-5-12(15)10-13(11)16/h4-5,10,17H,6-9H2,1-3H3. The zero-order valence-electron chi connectivity index (χ0n) is 11.2. The molecule has 0 unspecified atom stereocenters. The first kappa shape index (κ1) is 15.1. The van der Waals surface area contributed by atoms with E-state index >= 15 is 0 Å². The molecule has 0 aliphatic heterocycles. The Kier molecular flexibility index (Phi) is 5.69. The van der Waals surface area contributed by atoms with Crippen LogP contribution in [0.15, 0.2) is 18.2 Å². The van der Waals surface area contributed by atoms with E-state index in [1.165, 1.54) is 12.1 Å². The molecule has 1 aromatic rings. The van der Waals surface area contributed by atoms with Crippen molar-refractivity contribution < 1.29 is 13.5 Å². The van der Waals surface area contributed by atoms with Crippen LogP contribution in [0.1, 0.15) is 26.3 Å². The second-order valence-electron chi connectivity index (χ2n) is 5.27. The fourth-order valence-electron chi connectivity index (χ4n) is 1.51. The van der Waals surface area contributed by atoms with Crippen molar-refractivity contribution in [3.63, 3.8) is 0 Å². The number of hydrogen-bond acceptors (Lipinski definition) is 2. The van der Waals surface area contributed by atoms with E-state index in [4.69, 9.17) is 4.74 Å². The van der Waals surface area contributed by atoms with Crippen molar-refractivity contribution in [2.45, 2.75) is 32.7 Å². The SMILES string of the molecule is CC(C)(C)NCCOCCc1ccc(F)cc1F. The van der Waals surface area contributed by atoms with Gasteiger partial charge in [-0.15, -0.1) is 0 Å². The molecule has 0 aliphatic rings. The maximum absolute atomic E-state index is 13.3. The lowest BCUT2D eigenvalue weighted by atomic mass is 10.1. The molecular weight excluding hydrogens is 236 g/mol. The normalized spacial score (nSPS) is 11.8. The molecule has 0 bridgehead atoms. The van der Waals surface area contributed by atoms with Crippen LogP contribution in [0, 0.1) is 11.6 Å². The van der Waals surface area contributed by atoms with Crippen LogP contribution in [0.3, 0.4) is 0 Å². The quantitative estimate of drug-likeness (QED) is 0.791. The lowest BCUT2D eigenvalue weighted by Gasteiger charge is -2.20. The van der Waals surface area contributed by atoms with Crippen molar-refractivity contribution in [3.8, 4) is 0 Å². The van der Waals surface area contributed by atoms with Gasteiger partial charge in [0.1, 0.15) is 11.6 Å². The largest absolute Gasteiger partial charge is 0.380 e. The van der Waals surface area contributed by atoms with Crippen LogP contribution >= 0.6 is 0 Å². The number of rotatable bonds is 6. The second kappa shape index (κ2) is 6.81. The number of hydrogen-bond donors (Lipinski definition) is 1. The van der Waals surface area contributed by atoms with E-state index in [9.17, 15) is 8.78 Å². The Morgan fingerprint density at radius 2 is 1.89 bits per heavy atom. The minimum atomic E-state index is -0.549. The molecule has 0 atom stereocenters. The Bertz CT molecular complexity index is 375. The summed E-state index contributed by atoms with van der Waals surface area (Å²) in [6.45, 7) is 8.03. The summed E-state index contributed by atoms with van der Waals surface area (Å²) in [7, 11) is 0. The van der Waals surface area contributed by atoms with E-state index in [0.29, 0.717) is 25.2 Å². The number of nitrogens with one attached hydrogen (secondary N) is 1. The molecule has 0 spiro atoms. The number of ether oxygens (including phenoxy) is 1. The molecule has 0 amide bonds. The molecule has 4 heteroatoms. The van der Waals surface area contributed by atoms with Gasteiger partial charge in [0.2, 0.25) is 0 Å². The van der Waals surface area contributed by atoms with Gasteiger partial charge in [-0.2, -0.15) is 0 Å². The fourth-order valence-corrected chi connectivity index (χ4v) is 1.51. The zero-order valence-corrected chi connectivity index (χ0v) is 11.2. The molecule has 0 saturated heterocycles. The maximum atomic E-state index is 13.3. The van der Waals surface area contributed by atoms with E-state index in [0.717, 1.165) is 12.6 Å². The van der Waals surface area contributed by atoms with Gasteiger partial charge in [0.05, 0.1) is 13.2 Å². The van der Waals surface area contributed by atoms with Gasteiger partial charge in [-0.05, 0) is 38.8 Å². The lowest BCUT2D eigenvalue weighted by molar-refractivity contribution is 0.133. The van der Waals surface area contributed by atoms with Crippen molar-refractivity contribution in [2.24, 2.45) is 0 Å². The van der Waals surface area contributed by atoms with Crippen LogP contribution in [0.25, 0.3) is 0 Å². The van der Waals surface area contributed by atoms with E-state index in [1.54, 1.807) is 0 Å². The highest BCUT2D eigenvalue weighted by molar-refractivity contribution is 5.18. The molecule has 102 valence electrons. The highest BCUT2D eigenvalue weighted by Crippen LogP contribution is 2.10. The molecule has 2 nitrogen and oxygen atoms in total. The zero-order chi connectivity index (χ0) is 13.6. The van der Waals surface area contributed by atoms with Crippen LogP contribution in [-0.4, -0.2) is 25.3 Å². The van der Waals surface area contributed by atoms with Crippen LogP contribution < -0.4 is 5.32 Å². The summed E-state index contributed by atoms with van der Waals surface area (Å²) in [4.78, 5) is 0. The highest BCUT2D eigenvalue weighted by atomic mass is 19.1. The van der Waals surface area contributed by atoms with Gasteiger partial charge in [0.15, 0.2) is 0 Å². The summed E-state index contributed by atoms with van der Waals surface area (Å²) in [5.41, 5.74) is 0.562. The molecule has 0 fully saturated rings. The second-order valence-corrected chi connectivity index (χ2v) is 5.27. The number of benzene rings is 1. The topological polar surface area (TPSA) is 21.3 Å². The first-order valence-electron chi connectivity index (χ1n) is 6.15. The van der Waals surface area contributed by atoms with E-state index in [-0.39, 0.29) is 5.54 Å². The minimum Gasteiger partial charge on any atom is -0.380 e. The van der Waals surface area contributed by atoms with Crippen molar-refractivity contribution >= 4 is 0 Å². The van der Waals surface area contributed by atoms with Crippen LogP contribution in [0.2, 0.25) is 0 Å². The molecule has 0 aromatic heterocycles. The molecule has 18 heavy (non-hydrogen) atoms. The van der Waals surface area contributed by atoms with Gasteiger partial charge in [-0.25, -0.2) is 8.78 Å². The van der Waals surface area contributed by atoms with Crippen molar-refractivity contribution in [3.05, 3.63) is 35.4 Å². The van der Waals surface area contributed by atoms with E-state index in [2.05, 4.69) is 26.1 Å². The predicted octanol–water partition coefficient (Wildman–Crippen LogP) is 2.91. The van der Waals surface area contributed by atoms with Crippen LogP contribution in [0.4, 0.5) is 8.78 Å². The Balaban J connectivity index is 2.18. The summed E-state index contributed by atoms with van der Waals surface area (Å²) in [5, 5.41) is 3.29. The third-order valence-corrected chi connectivity index (χ3v) is 2.43. The first-order chi connectivity index (χ1) is 8.38. The van der Waals surface area contributed by atoms with Gasteiger partial charge in [0, 0.05) is 18.2 Å². The average Bonchev–Trinajstić information content (AvgIpc) is 2.24. The Labute approximate surface area is 107 Å². The van der Waals surface area contributed by atoms with Gasteiger partial charge < -0.3 is 10.1 Å². The first-order valence-corrected chi connectivity index (χ1v) is 6.15. The summed E-state index contributed by atoms with van der Waals surface area (Å²) in [5.74, 6) is -1.06. The van der Waals surface area contributed by atoms with E-state index < -0.39 is 11.6 Å². The number of halogens is 2. The fraction of sp³-hybridized carbons (Fsp3) is 0.571. The van der Waals surface area contributed by atoms with Gasteiger partial charge in [-0.1, -0.05) is 6.07 Å². The van der Waals surface area contributed by atoms with Crippen LogP contribution in [0.5, 0.6) is 0 Å². The van der Waals surface area contributed by atoms with Crippen molar-refractivity contribution in [1.29, 1.82) is 0 Å². The predicted molar refractivity (Wildman–Crippen MR) is 68.6 cm³/mol. The monoisotopic (exact) mass is 257 g/mol. The summed E-state index contributed by atoms with van der Waals surface area (Å²) < 4.78 is 31.3. The molecule has 0 heterocycles. The van der Waals surface area contributed by atoms with Gasteiger partial charge >= 0.3 is 0 Å². The summed E-state index contributed by atoms with van der Waals surface area (Å²) in [6, 6.07) is 3.62. The van der Waals surface area contributed by atoms with E-state index in [1.807, 2.05) is 0 Å². The van der Waals surface area contributed by atoms with Crippen molar-refractivity contribution in [1.82, 2.24) is 5.32 Å². The molecule has 0 saturated carbocycles. The Morgan fingerprint density at radius 3 is 2.50 bits per heavy atom. The minimum absolute atomic E-state index is 0.0758. The van der Waals surface area contributed by atoms with Crippen LogP contribution in [-0.2, 0) is 11.2 Å². The molecule has 1 N–H and O–H groups in total. The van der Waals surface area contributed by atoms with Gasteiger partial charge in [0.25, 0.3) is 0 Å². The molecular formula is C14H21F2NO. The molecule has 0 radical (unpaired) electrons. The smallest absolute Gasteiger partial charge is 0.129 e. The Morgan fingerprint density at radius 1 is 1.17 bits per heavy atom. The summed E-state index contributed by atoms with van der Waals surface area (Å²) in [6.07, 6.45) is 0.460. The highest BCUT2D eigenvalue weighted by Gasteiger charge is 2.07. The van der Waals surface area contributed by atoms with Crippen molar-refractivity contribution in [2.75, 3.05) is 19.8 Å². The third-order valence-electron chi connectivity index (χ3n) is 2.43. The summed E-state index contributed by atoms with van der Waals surface area (Å²) >= 11 is 0. The average molecular weight is 257 g/mol.